The molecule has 5 rings (SSSR count). The highest BCUT2D eigenvalue weighted by molar-refractivity contribution is 5.95. The number of nitrogens with two attached hydrogens (primary N) is 1. The summed E-state index contributed by atoms with van der Waals surface area (Å²) < 4.78 is 0. The molecule has 1 aliphatic carbocycles. The number of nitrogen functional groups attached to an aromatic ring is 1. The molecule has 0 unspecified atom stereocenters. The number of hydrogen-bond donors (Lipinski definition) is 1. The van der Waals surface area contributed by atoms with E-state index in [1.807, 2.05) is 0 Å². The van der Waals surface area contributed by atoms with Crippen LogP contribution in [0.25, 0.3) is 33.4 Å². The first-order valence-electron chi connectivity index (χ1n) is 9.76. The Labute approximate surface area is 166 Å². The molecule has 1 nitrogen and oxygen atoms in total. The van der Waals surface area contributed by atoms with Crippen molar-refractivity contribution in [3.05, 3.63) is 102 Å². The Hall–Kier alpha value is -3.32. The third kappa shape index (κ3) is 2.33. The maximum Gasteiger partial charge on any atom is 0.0441 e. The number of hydrogen-bond acceptors (Lipinski definition) is 1. The summed E-state index contributed by atoms with van der Waals surface area (Å²) in [5, 5.41) is 0. The summed E-state index contributed by atoms with van der Waals surface area (Å²) in [6.45, 7) is 4.56. The van der Waals surface area contributed by atoms with E-state index >= 15 is 0 Å². The minimum atomic E-state index is -0.103. The lowest BCUT2D eigenvalue weighted by molar-refractivity contribution is 0.663. The van der Waals surface area contributed by atoms with Crippen LogP contribution in [0.4, 0.5) is 5.69 Å². The predicted octanol–water partition coefficient (Wildman–Crippen LogP) is 6.91. The lowest BCUT2D eigenvalue weighted by Gasteiger charge is -2.24. The highest BCUT2D eigenvalue weighted by atomic mass is 14.6. The van der Waals surface area contributed by atoms with Gasteiger partial charge in [0.05, 0.1) is 0 Å². The van der Waals surface area contributed by atoms with Gasteiger partial charge in [-0.25, -0.2) is 0 Å². The second-order valence-electron chi connectivity index (χ2n) is 8.03. The molecule has 4 aromatic rings. The third-order valence-electron chi connectivity index (χ3n) is 6.06. The molecule has 0 saturated heterocycles. The van der Waals surface area contributed by atoms with Gasteiger partial charge in [-0.1, -0.05) is 105 Å². The molecule has 4 aromatic carbocycles. The van der Waals surface area contributed by atoms with Crippen molar-refractivity contribution in [2.75, 3.05) is 5.73 Å². The molecule has 28 heavy (non-hydrogen) atoms. The number of benzene rings is 4. The summed E-state index contributed by atoms with van der Waals surface area (Å²) in [4.78, 5) is 0. The molecule has 0 bridgehead atoms. The van der Waals surface area contributed by atoms with Crippen molar-refractivity contribution in [2.24, 2.45) is 0 Å². The maximum atomic E-state index is 6.87. The van der Waals surface area contributed by atoms with Crippen LogP contribution in [-0.4, -0.2) is 0 Å². The van der Waals surface area contributed by atoms with Gasteiger partial charge in [-0.3, -0.25) is 0 Å². The highest BCUT2D eigenvalue weighted by Gasteiger charge is 2.37. The minimum absolute atomic E-state index is 0.103. The van der Waals surface area contributed by atoms with Gasteiger partial charge in [0.15, 0.2) is 0 Å². The molecule has 0 aliphatic heterocycles. The number of fused-ring (bicyclic) bond motifs is 3. The Morgan fingerprint density at radius 2 is 1.11 bits per heavy atom. The van der Waals surface area contributed by atoms with Crippen LogP contribution < -0.4 is 5.73 Å². The molecule has 0 amide bonds. The monoisotopic (exact) mass is 361 g/mol. The van der Waals surface area contributed by atoms with E-state index in [4.69, 9.17) is 5.73 Å². The molecule has 1 heteroatoms. The van der Waals surface area contributed by atoms with Crippen molar-refractivity contribution in [3.63, 3.8) is 0 Å². The Morgan fingerprint density at radius 1 is 0.536 bits per heavy atom. The van der Waals surface area contributed by atoms with Crippen LogP contribution >= 0.6 is 0 Å². The Kier molecular flexibility index (Phi) is 3.67. The highest BCUT2D eigenvalue weighted by Crippen LogP contribution is 2.53. The Bertz CT molecular complexity index is 1190. The van der Waals surface area contributed by atoms with Crippen molar-refractivity contribution in [1.29, 1.82) is 0 Å². The Balaban J connectivity index is 1.76. The summed E-state index contributed by atoms with van der Waals surface area (Å²) in [6.07, 6.45) is 0. The molecule has 0 radical (unpaired) electrons. The SMILES string of the molecule is CC1(C)c2ccccc2-c2ccc(-c3ccccc3-c3ccccc3)c(N)c21. The lowest BCUT2D eigenvalue weighted by Crippen LogP contribution is -2.17. The van der Waals surface area contributed by atoms with E-state index in [9.17, 15) is 0 Å². The molecule has 0 fully saturated rings. The average Bonchev–Trinajstić information content (AvgIpc) is 2.97. The third-order valence-corrected chi connectivity index (χ3v) is 6.06. The maximum absolute atomic E-state index is 6.87. The molecule has 0 saturated carbocycles. The van der Waals surface area contributed by atoms with Crippen LogP contribution in [0.15, 0.2) is 91.0 Å². The Morgan fingerprint density at radius 3 is 1.86 bits per heavy atom. The quantitative estimate of drug-likeness (QED) is 0.386. The first-order valence-corrected chi connectivity index (χ1v) is 9.76. The molecule has 1 aliphatic rings. The number of anilines is 1. The predicted molar refractivity (Wildman–Crippen MR) is 119 cm³/mol. The van der Waals surface area contributed by atoms with Crippen molar-refractivity contribution in [2.45, 2.75) is 19.3 Å². The fraction of sp³-hybridized carbons (Fsp3) is 0.111. The van der Waals surface area contributed by atoms with Crippen LogP contribution in [-0.2, 0) is 5.41 Å². The van der Waals surface area contributed by atoms with Gasteiger partial charge < -0.3 is 5.73 Å². The largest absolute Gasteiger partial charge is 0.398 e. The van der Waals surface area contributed by atoms with Crippen LogP contribution in [0.5, 0.6) is 0 Å². The van der Waals surface area contributed by atoms with Crippen molar-refractivity contribution >= 4 is 5.69 Å². The fourth-order valence-corrected chi connectivity index (χ4v) is 4.74. The van der Waals surface area contributed by atoms with Crippen molar-refractivity contribution < 1.29 is 0 Å². The summed E-state index contributed by atoms with van der Waals surface area (Å²) in [5.41, 5.74) is 17.5. The summed E-state index contributed by atoms with van der Waals surface area (Å²) >= 11 is 0. The molecular formula is C27H23N. The second kappa shape index (κ2) is 6.10. The lowest BCUT2D eigenvalue weighted by atomic mass is 9.80. The average molecular weight is 361 g/mol. The minimum Gasteiger partial charge on any atom is -0.398 e. The molecule has 136 valence electrons. The van der Waals surface area contributed by atoms with Gasteiger partial charge in [-0.15, -0.1) is 0 Å². The van der Waals surface area contributed by atoms with E-state index < -0.39 is 0 Å². The first kappa shape index (κ1) is 16.8. The van der Waals surface area contributed by atoms with Gasteiger partial charge in [-0.2, -0.15) is 0 Å². The van der Waals surface area contributed by atoms with E-state index in [2.05, 4.69) is 105 Å². The van der Waals surface area contributed by atoms with E-state index in [0.717, 1.165) is 11.3 Å². The molecule has 0 aromatic heterocycles. The van der Waals surface area contributed by atoms with Crippen molar-refractivity contribution in [1.82, 2.24) is 0 Å². The zero-order valence-corrected chi connectivity index (χ0v) is 16.2. The molecule has 2 N–H and O–H groups in total. The smallest absolute Gasteiger partial charge is 0.0441 e. The molecular weight excluding hydrogens is 338 g/mol. The van der Waals surface area contributed by atoms with Gasteiger partial charge in [0.2, 0.25) is 0 Å². The normalized spacial score (nSPS) is 13.8. The van der Waals surface area contributed by atoms with Gasteiger partial charge >= 0.3 is 0 Å². The van der Waals surface area contributed by atoms with Crippen LogP contribution in [0.1, 0.15) is 25.0 Å². The molecule has 0 spiro atoms. The van der Waals surface area contributed by atoms with E-state index in [-0.39, 0.29) is 5.41 Å². The summed E-state index contributed by atoms with van der Waals surface area (Å²) in [7, 11) is 0. The van der Waals surface area contributed by atoms with Gasteiger partial charge in [0.1, 0.15) is 0 Å². The zero-order valence-electron chi connectivity index (χ0n) is 16.2. The van der Waals surface area contributed by atoms with Crippen LogP contribution in [0.2, 0.25) is 0 Å². The van der Waals surface area contributed by atoms with Crippen molar-refractivity contribution in [3.8, 4) is 33.4 Å². The van der Waals surface area contributed by atoms with E-state index in [0.29, 0.717) is 0 Å². The van der Waals surface area contributed by atoms with Crippen LogP contribution in [0.3, 0.4) is 0 Å². The molecule has 0 atom stereocenters. The topological polar surface area (TPSA) is 26.0 Å². The first-order chi connectivity index (χ1) is 13.6. The van der Waals surface area contributed by atoms with Gasteiger partial charge in [0, 0.05) is 16.7 Å². The second-order valence-corrected chi connectivity index (χ2v) is 8.03. The van der Waals surface area contributed by atoms with Gasteiger partial charge in [0.25, 0.3) is 0 Å². The molecule has 0 heterocycles. The summed E-state index contributed by atoms with van der Waals surface area (Å²) in [5.74, 6) is 0. The van der Waals surface area contributed by atoms with Gasteiger partial charge in [-0.05, 0) is 38.9 Å². The number of rotatable bonds is 2. The van der Waals surface area contributed by atoms with Crippen LogP contribution in [0, 0.1) is 0 Å². The van der Waals surface area contributed by atoms with E-state index in [1.54, 1.807) is 0 Å². The standard InChI is InChI=1S/C27H23N/c1-27(2)24-15-9-8-14-21(24)22-16-17-23(26(28)25(22)27)20-13-7-6-12-19(20)18-10-4-3-5-11-18/h3-17H,28H2,1-2H3. The van der Waals surface area contributed by atoms with E-state index in [1.165, 1.54) is 38.9 Å². The zero-order chi connectivity index (χ0) is 19.3. The summed E-state index contributed by atoms with van der Waals surface area (Å²) in [6, 6.07) is 32.2. The fourth-order valence-electron chi connectivity index (χ4n) is 4.74.